The molecule has 0 heterocycles. The first-order chi connectivity index (χ1) is 11.4. The van der Waals surface area contributed by atoms with Gasteiger partial charge in [-0.3, -0.25) is 15.6 Å². The van der Waals surface area contributed by atoms with Gasteiger partial charge in [0.15, 0.2) is 10.3 Å². The standard InChI is InChI=1S/C16H25N5OS2/c1-21-14(22)7-6-13(24-16(19)20)10-12-4-2-11(3-5-12)8-9-23-15(17)18/h2-5,13H,6-10H2,1H3,(H3,17,18)(H3,19,20)(H,21,22)/t13-/m1/s1. The molecule has 0 saturated carbocycles. The van der Waals surface area contributed by atoms with E-state index in [1.165, 1.54) is 29.1 Å². The van der Waals surface area contributed by atoms with E-state index < -0.39 is 0 Å². The lowest BCUT2D eigenvalue weighted by Crippen LogP contribution is -2.21. The third-order valence-electron chi connectivity index (χ3n) is 3.40. The summed E-state index contributed by atoms with van der Waals surface area (Å²) >= 11 is 2.65. The molecule has 6 nitrogen and oxygen atoms in total. The highest BCUT2D eigenvalue weighted by atomic mass is 32.2. The van der Waals surface area contributed by atoms with Gasteiger partial charge < -0.3 is 16.8 Å². The van der Waals surface area contributed by atoms with Gasteiger partial charge in [-0.05, 0) is 30.4 Å². The van der Waals surface area contributed by atoms with E-state index >= 15 is 0 Å². The van der Waals surface area contributed by atoms with E-state index in [-0.39, 0.29) is 21.5 Å². The Morgan fingerprint density at radius 3 is 2.33 bits per heavy atom. The molecule has 0 aliphatic heterocycles. The van der Waals surface area contributed by atoms with Crippen LogP contribution < -0.4 is 16.8 Å². The third kappa shape index (κ3) is 8.83. The SMILES string of the molecule is CNC(=O)CC[C@H](Cc1ccc(CCSC(=N)N)cc1)SC(=N)N. The maximum absolute atomic E-state index is 11.4. The van der Waals surface area contributed by atoms with Crippen molar-refractivity contribution in [1.82, 2.24) is 5.32 Å². The van der Waals surface area contributed by atoms with Gasteiger partial charge in [-0.15, -0.1) is 0 Å². The third-order valence-corrected chi connectivity index (χ3v) is 5.11. The summed E-state index contributed by atoms with van der Waals surface area (Å²) in [6.07, 6.45) is 2.75. The molecule has 0 aliphatic carbocycles. The Labute approximate surface area is 151 Å². The maximum Gasteiger partial charge on any atom is 0.219 e. The summed E-state index contributed by atoms with van der Waals surface area (Å²) in [7, 11) is 1.62. The van der Waals surface area contributed by atoms with Crippen LogP contribution in [0.25, 0.3) is 0 Å². The van der Waals surface area contributed by atoms with Crippen molar-refractivity contribution in [2.24, 2.45) is 11.5 Å². The Kier molecular flexibility index (Phi) is 9.33. The van der Waals surface area contributed by atoms with E-state index in [9.17, 15) is 4.79 Å². The van der Waals surface area contributed by atoms with Crippen molar-refractivity contribution in [2.75, 3.05) is 12.8 Å². The first-order valence-electron chi connectivity index (χ1n) is 7.66. The number of aryl methyl sites for hydroxylation is 1. The fraction of sp³-hybridized carbons (Fsp3) is 0.438. The lowest BCUT2D eigenvalue weighted by Gasteiger charge is -2.15. The van der Waals surface area contributed by atoms with Gasteiger partial charge in [-0.25, -0.2) is 0 Å². The quantitative estimate of drug-likeness (QED) is 0.336. The van der Waals surface area contributed by atoms with Gasteiger partial charge in [-0.1, -0.05) is 47.8 Å². The molecule has 0 aliphatic rings. The highest BCUT2D eigenvalue weighted by Gasteiger charge is 2.14. The second-order valence-corrected chi connectivity index (χ2v) is 7.78. The molecule has 1 rings (SSSR count). The largest absolute Gasteiger partial charge is 0.379 e. The Morgan fingerprint density at radius 2 is 1.79 bits per heavy atom. The molecule has 8 heteroatoms. The number of nitrogens with one attached hydrogen (secondary N) is 3. The number of amidine groups is 2. The normalized spacial score (nSPS) is 11.7. The monoisotopic (exact) mass is 367 g/mol. The number of hydrogen-bond acceptors (Lipinski definition) is 5. The molecule has 0 spiro atoms. The molecule has 0 saturated heterocycles. The highest BCUT2D eigenvalue weighted by Crippen LogP contribution is 2.21. The zero-order valence-electron chi connectivity index (χ0n) is 13.8. The van der Waals surface area contributed by atoms with Gasteiger partial charge in [0.25, 0.3) is 0 Å². The van der Waals surface area contributed by atoms with Crippen molar-refractivity contribution in [2.45, 2.75) is 30.9 Å². The summed E-state index contributed by atoms with van der Waals surface area (Å²) < 4.78 is 0. The van der Waals surface area contributed by atoms with Gasteiger partial charge in [0, 0.05) is 24.5 Å². The number of carbonyl (C=O) groups excluding carboxylic acids is 1. The van der Waals surface area contributed by atoms with Crippen LogP contribution in [0.5, 0.6) is 0 Å². The van der Waals surface area contributed by atoms with E-state index in [0.717, 1.165) is 24.2 Å². The molecular weight excluding hydrogens is 342 g/mol. The molecule has 1 amide bonds. The lowest BCUT2D eigenvalue weighted by molar-refractivity contribution is -0.120. The minimum Gasteiger partial charge on any atom is -0.379 e. The van der Waals surface area contributed by atoms with E-state index in [1.54, 1.807) is 7.05 Å². The maximum atomic E-state index is 11.4. The number of carbonyl (C=O) groups is 1. The Morgan fingerprint density at radius 1 is 1.17 bits per heavy atom. The molecule has 1 atom stereocenters. The number of rotatable bonds is 9. The fourth-order valence-corrected chi connectivity index (χ4v) is 3.61. The minimum absolute atomic E-state index is 0.00229. The first-order valence-corrected chi connectivity index (χ1v) is 9.53. The summed E-state index contributed by atoms with van der Waals surface area (Å²) in [4.78, 5) is 11.4. The van der Waals surface area contributed by atoms with E-state index in [2.05, 4.69) is 29.6 Å². The van der Waals surface area contributed by atoms with Crippen LogP contribution in [0.1, 0.15) is 24.0 Å². The highest BCUT2D eigenvalue weighted by molar-refractivity contribution is 8.14. The van der Waals surface area contributed by atoms with Gasteiger partial charge in [0.2, 0.25) is 5.91 Å². The van der Waals surface area contributed by atoms with Crippen LogP contribution in [0.4, 0.5) is 0 Å². The fourth-order valence-electron chi connectivity index (χ4n) is 2.18. The van der Waals surface area contributed by atoms with Crippen LogP contribution in [-0.4, -0.2) is 34.3 Å². The number of hydrogen-bond donors (Lipinski definition) is 5. The predicted molar refractivity (Wildman–Crippen MR) is 105 cm³/mol. The lowest BCUT2D eigenvalue weighted by atomic mass is 10.0. The van der Waals surface area contributed by atoms with Gasteiger partial charge in [0.05, 0.1) is 0 Å². The summed E-state index contributed by atoms with van der Waals surface area (Å²) in [5.41, 5.74) is 13.2. The van der Waals surface area contributed by atoms with Crippen LogP contribution in [-0.2, 0) is 17.6 Å². The van der Waals surface area contributed by atoms with Crippen LogP contribution in [0.15, 0.2) is 24.3 Å². The van der Waals surface area contributed by atoms with E-state index in [4.69, 9.17) is 22.3 Å². The van der Waals surface area contributed by atoms with Crippen LogP contribution in [0.2, 0.25) is 0 Å². The number of nitrogens with two attached hydrogens (primary N) is 2. The van der Waals surface area contributed by atoms with Crippen LogP contribution in [0, 0.1) is 10.8 Å². The molecule has 0 aromatic heterocycles. The van der Waals surface area contributed by atoms with Crippen LogP contribution in [0.3, 0.4) is 0 Å². The molecule has 0 unspecified atom stereocenters. The molecule has 0 bridgehead atoms. The molecule has 1 aromatic carbocycles. The molecule has 24 heavy (non-hydrogen) atoms. The van der Waals surface area contributed by atoms with Gasteiger partial charge in [-0.2, -0.15) is 0 Å². The average molecular weight is 368 g/mol. The molecule has 132 valence electrons. The number of benzene rings is 1. The zero-order valence-corrected chi connectivity index (χ0v) is 15.4. The number of amides is 1. The number of thioether (sulfide) groups is 2. The summed E-state index contributed by atoms with van der Waals surface area (Å²) in [5.74, 6) is 0.798. The predicted octanol–water partition coefficient (Wildman–Crippen LogP) is 1.92. The Bertz CT molecular complexity index is 562. The second-order valence-electron chi connectivity index (χ2n) is 5.30. The Balaban J connectivity index is 2.56. The van der Waals surface area contributed by atoms with Gasteiger partial charge >= 0.3 is 0 Å². The smallest absolute Gasteiger partial charge is 0.219 e. The minimum atomic E-state index is 0.00229. The van der Waals surface area contributed by atoms with Crippen molar-refractivity contribution in [3.63, 3.8) is 0 Å². The zero-order chi connectivity index (χ0) is 17.9. The van der Waals surface area contributed by atoms with Gasteiger partial charge in [0.1, 0.15) is 0 Å². The molecule has 7 N–H and O–H groups in total. The first kappa shape index (κ1) is 20.4. The molecule has 0 fully saturated rings. The summed E-state index contributed by atoms with van der Waals surface area (Å²) in [6.45, 7) is 0. The van der Waals surface area contributed by atoms with Crippen molar-refractivity contribution < 1.29 is 4.79 Å². The van der Waals surface area contributed by atoms with Crippen molar-refractivity contribution in [3.05, 3.63) is 35.4 Å². The Hall–Kier alpha value is -1.67. The van der Waals surface area contributed by atoms with Crippen molar-refractivity contribution in [1.29, 1.82) is 10.8 Å². The topological polar surface area (TPSA) is 129 Å². The second kappa shape index (κ2) is 11.0. The summed E-state index contributed by atoms with van der Waals surface area (Å²) in [5, 5.41) is 17.6. The van der Waals surface area contributed by atoms with Crippen molar-refractivity contribution in [3.8, 4) is 0 Å². The van der Waals surface area contributed by atoms with Crippen LogP contribution >= 0.6 is 23.5 Å². The summed E-state index contributed by atoms with van der Waals surface area (Å²) in [6, 6.07) is 8.29. The van der Waals surface area contributed by atoms with Crippen molar-refractivity contribution >= 4 is 39.8 Å². The molecule has 0 radical (unpaired) electrons. The molecule has 1 aromatic rings. The van der Waals surface area contributed by atoms with E-state index in [0.29, 0.717) is 12.8 Å². The molecular formula is C16H25N5OS2. The van der Waals surface area contributed by atoms with E-state index in [1.807, 2.05) is 0 Å². The average Bonchev–Trinajstić information content (AvgIpc) is 2.53.